The van der Waals surface area contributed by atoms with Gasteiger partial charge in [0.05, 0.1) is 14.2 Å². The molecule has 3 unspecified atom stereocenters. The highest BCUT2D eigenvalue weighted by Crippen LogP contribution is 2.43. The van der Waals surface area contributed by atoms with E-state index in [9.17, 15) is 9.59 Å². The van der Waals surface area contributed by atoms with Gasteiger partial charge in [0, 0.05) is 18.7 Å². The highest BCUT2D eigenvalue weighted by Gasteiger charge is 2.41. The Morgan fingerprint density at radius 2 is 1.84 bits per heavy atom. The van der Waals surface area contributed by atoms with E-state index in [1.165, 1.54) is 12.5 Å². The number of carbonyl (C=O) groups is 2. The van der Waals surface area contributed by atoms with Gasteiger partial charge in [-0.05, 0) is 43.0 Å². The maximum Gasteiger partial charge on any atom is 0.243 e. The SMILES string of the molecule is COc1ccc(C2SCC(C(=O)NC(C)CCc3ccccc3)N2C(C)=O)cc1OC. The molecule has 3 rings (SSSR count). The lowest BCUT2D eigenvalue weighted by atomic mass is 10.1. The molecule has 3 atom stereocenters. The van der Waals surface area contributed by atoms with Crippen LogP contribution in [0, 0.1) is 0 Å². The van der Waals surface area contributed by atoms with E-state index in [4.69, 9.17) is 9.47 Å². The Bertz CT molecular complexity index is 906. The van der Waals surface area contributed by atoms with Crippen molar-refractivity contribution in [2.75, 3.05) is 20.0 Å². The Labute approximate surface area is 188 Å². The van der Waals surface area contributed by atoms with E-state index in [1.54, 1.807) is 30.9 Å². The van der Waals surface area contributed by atoms with Crippen molar-refractivity contribution in [2.24, 2.45) is 0 Å². The molecule has 166 valence electrons. The quantitative estimate of drug-likeness (QED) is 0.674. The van der Waals surface area contributed by atoms with Crippen molar-refractivity contribution in [1.29, 1.82) is 0 Å². The molecule has 2 aromatic carbocycles. The van der Waals surface area contributed by atoms with Crippen LogP contribution >= 0.6 is 11.8 Å². The first-order valence-corrected chi connectivity index (χ1v) is 11.5. The van der Waals surface area contributed by atoms with Crippen LogP contribution in [0.3, 0.4) is 0 Å². The van der Waals surface area contributed by atoms with Gasteiger partial charge in [-0.25, -0.2) is 0 Å². The van der Waals surface area contributed by atoms with Crippen molar-refractivity contribution >= 4 is 23.6 Å². The number of benzene rings is 2. The number of amides is 2. The van der Waals surface area contributed by atoms with Gasteiger partial charge in [-0.2, -0.15) is 0 Å². The van der Waals surface area contributed by atoms with Gasteiger partial charge in [0.1, 0.15) is 11.4 Å². The number of methoxy groups -OCH3 is 2. The molecule has 7 heteroatoms. The summed E-state index contributed by atoms with van der Waals surface area (Å²) in [4.78, 5) is 27.2. The van der Waals surface area contributed by atoms with Crippen LogP contribution in [-0.4, -0.2) is 48.8 Å². The van der Waals surface area contributed by atoms with E-state index in [0.717, 1.165) is 18.4 Å². The third-order valence-electron chi connectivity index (χ3n) is 5.46. The fourth-order valence-electron chi connectivity index (χ4n) is 3.80. The molecule has 0 aromatic heterocycles. The zero-order valence-corrected chi connectivity index (χ0v) is 19.3. The topological polar surface area (TPSA) is 67.9 Å². The third kappa shape index (κ3) is 5.53. The first-order valence-electron chi connectivity index (χ1n) is 10.4. The summed E-state index contributed by atoms with van der Waals surface area (Å²) in [6, 6.07) is 15.4. The molecule has 0 saturated carbocycles. The van der Waals surface area contributed by atoms with Crippen molar-refractivity contribution in [1.82, 2.24) is 10.2 Å². The van der Waals surface area contributed by atoms with Gasteiger partial charge < -0.3 is 19.7 Å². The molecule has 6 nitrogen and oxygen atoms in total. The van der Waals surface area contributed by atoms with Crippen molar-refractivity contribution in [3.8, 4) is 11.5 Å². The molecule has 1 N–H and O–H groups in total. The highest BCUT2D eigenvalue weighted by molar-refractivity contribution is 7.99. The molecular weight excluding hydrogens is 412 g/mol. The van der Waals surface area contributed by atoms with Gasteiger partial charge in [-0.1, -0.05) is 36.4 Å². The van der Waals surface area contributed by atoms with Crippen LogP contribution in [0.5, 0.6) is 11.5 Å². The zero-order valence-electron chi connectivity index (χ0n) is 18.5. The summed E-state index contributed by atoms with van der Waals surface area (Å²) in [6.45, 7) is 3.52. The summed E-state index contributed by atoms with van der Waals surface area (Å²) in [5, 5.41) is 2.86. The summed E-state index contributed by atoms with van der Waals surface area (Å²) < 4.78 is 10.7. The zero-order chi connectivity index (χ0) is 22.4. The number of nitrogens with zero attached hydrogens (tertiary/aromatic N) is 1. The average molecular weight is 443 g/mol. The summed E-state index contributed by atoms with van der Waals surface area (Å²) in [5.41, 5.74) is 2.16. The number of nitrogens with one attached hydrogen (secondary N) is 1. The van der Waals surface area contributed by atoms with Gasteiger partial charge >= 0.3 is 0 Å². The number of ether oxygens (including phenoxy) is 2. The second-order valence-electron chi connectivity index (χ2n) is 7.68. The normalized spacial score (nSPS) is 19.0. The molecule has 1 aliphatic heterocycles. The largest absolute Gasteiger partial charge is 0.493 e. The van der Waals surface area contributed by atoms with E-state index < -0.39 is 6.04 Å². The van der Waals surface area contributed by atoms with Gasteiger partial charge in [-0.3, -0.25) is 9.59 Å². The van der Waals surface area contributed by atoms with Crippen LogP contribution in [-0.2, 0) is 16.0 Å². The van der Waals surface area contributed by atoms with Crippen molar-refractivity contribution in [3.63, 3.8) is 0 Å². The lowest BCUT2D eigenvalue weighted by Gasteiger charge is -2.29. The average Bonchev–Trinajstić information content (AvgIpc) is 3.23. The predicted molar refractivity (Wildman–Crippen MR) is 123 cm³/mol. The number of hydrogen-bond acceptors (Lipinski definition) is 5. The maximum absolute atomic E-state index is 13.0. The molecule has 0 bridgehead atoms. The molecule has 2 aromatic rings. The lowest BCUT2D eigenvalue weighted by Crippen LogP contribution is -2.49. The predicted octanol–water partition coefficient (Wildman–Crippen LogP) is 3.80. The Kier molecular flexibility index (Phi) is 7.85. The van der Waals surface area contributed by atoms with Gasteiger partial charge in [0.2, 0.25) is 11.8 Å². The first kappa shape index (κ1) is 23.0. The number of thioether (sulfide) groups is 1. The van der Waals surface area contributed by atoms with E-state index in [-0.39, 0.29) is 23.2 Å². The van der Waals surface area contributed by atoms with Crippen molar-refractivity contribution < 1.29 is 19.1 Å². The molecule has 2 amide bonds. The standard InChI is InChI=1S/C24H30N2O4S/c1-16(10-11-18-8-6-5-7-9-18)25-23(28)20-15-31-24(26(20)17(2)27)19-12-13-21(29-3)22(14-19)30-4/h5-9,12-14,16,20,24H,10-11,15H2,1-4H3,(H,25,28). The van der Waals surface area contributed by atoms with E-state index in [2.05, 4.69) is 17.4 Å². The van der Waals surface area contributed by atoms with Crippen LogP contribution in [0.15, 0.2) is 48.5 Å². The molecule has 1 fully saturated rings. The van der Waals surface area contributed by atoms with Crippen LogP contribution < -0.4 is 14.8 Å². The summed E-state index contributed by atoms with van der Waals surface area (Å²) in [7, 11) is 3.17. The monoisotopic (exact) mass is 442 g/mol. The fourth-order valence-corrected chi connectivity index (χ4v) is 5.27. The molecule has 1 saturated heterocycles. The number of carbonyl (C=O) groups excluding carboxylic acids is 2. The Hall–Kier alpha value is -2.67. The van der Waals surface area contributed by atoms with Crippen molar-refractivity contribution in [2.45, 2.75) is 44.1 Å². The van der Waals surface area contributed by atoms with Gasteiger partial charge in [0.15, 0.2) is 11.5 Å². The third-order valence-corrected chi connectivity index (χ3v) is 6.78. The van der Waals surface area contributed by atoms with E-state index in [0.29, 0.717) is 17.3 Å². The Morgan fingerprint density at radius 1 is 1.13 bits per heavy atom. The minimum Gasteiger partial charge on any atom is -0.493 e. The number of hydrogen-bond donors (Lipinski definition) is 1. The Balaban J connectivity index is 1.67. The summed E-state index contributed by atoms with van der Waals surface area (Å²) in [6.07, 6.45) is 1.74. The molecule has 31 heavy (non-hydrogen) atoms. The second-order valence-corrected chi connectivity index (χ2v) is 8.79. The first-order chi connectivity index (χ1) is 14.9. The van der Waals surface area contributed by atoms with E-state index >= 15 is 0 Å². The second kappa shape index (κ2) is 10.6. The summed E-state index contributed by atoms with van der Waals surface area (Å²) >= 11 is 1.59. The number of rotatable bonds is 8. The molecule has 0 aliphatic carbocycles. The van der Waals surface area contributed by atoms with Gasteiger partial charge in [-0.15, -0.1) is 11.8 Å². The van der Waals surface area contributed by atoms with Crippen LogP contribution in [0.25, 0.3) is 0 Å². The summed E-state index contributed by atoms with van der Waals surface area (Å²) in [5.74, 6) is 1.56. The smallest absolute Gasteiger partial charge is 0.243 e. The number of aryl methyl sites for hydroxylation is 1. The molecular formula is C24H30N2O4S. The molecule has 1 aliphatic rings. The van der Waals surface area contributed by atoms with Crippen molar-refractivity contribution in [3.05, 3.63) is 59.7 Å². The molecule has 0 spiro atoms. The maximum atomic E-state index is 13.0. The lowest BCUT2D eigenvalue weighted by molar-refractivity contribution is -0.138. The fraction of sp³-hybridized carbons (Fsp3) is 0.417. The Morgan fingerprint density at radius 3 is 2.48 bits per heavy atom. The minimum absolute atomic E-state index is 0.0200. The van der Waals surface area contributed by atoms with Gasteiger partial charge in [0.25, 0.3) is 0 Å². The highest BCUT2D eigenvalue weighted by atomic mass is 32.2. The van der Waals surface area contributed by atoms with E-state index in [1.807, 2.05) is 43.3 Å². The molecule has 0 radical (unpaired) electrons. The van der Waals surface area contributed by atoms with Crippen LogP contribution in [0.2, 0.25) is 0 Å². The van der Waals surface area contributed by atoms with Crippen LogP contribution in [0.1, 0.15) is 36.8 Å². The van der Waals surface area contributed by atoms with Crippen LogP contribution in [0.4, 0.5) is 0 Å². The minimum atomic E-state index is -0.500. The molecule has 1 heterocycles.